The summed E-state index contributed by atoms with van der Waals surface area (Å²) in [5, 5.41) is 11.1. The number of nitrogens with zero attached hydrogens (tertiary/aromatic N) is 1. The largest absolute Gasteiger partial charge is 0.469 e. The fraction of sp³-hybridized carbons (Fsp3) is 0.600. The van der Waals surface area contributed by atoms with Crippen molar-refractivity contribution in [3.63, 3.8) is 0 Å². The molecule has 1 aromatic carbocycles. The van der Waals surface area contributed by atoms with Crippen LogP contribution in [0.2, 0.25) is 0 Å². The molecule has 0 radical (unpaired) electrons. The first kappa shape index (κ1) is 17.9. The SMILES string of the molecule is COC(=O)[C@@H]1CCCC1C(O)[C@H](C(C)C)N1Cc2ccccc2C1=O. The van der Waals surface area contributed by atoms with Crippen LogP contribution in [0, 0.1) is 17.8 Å². The first-order chi connectivity index (χ1) is 12.0. The van der Waals surface area contributed by atoms with Gasteiger partial charge in [-0.2, -0.15) is 0 Å². The van der Waals surface area contributed by atoms with E-state index in [0.717, 1.165) is 30.4 Å². The molecule has 1 aliphatic heterocycles. The molecule has 1 aromatic rings. The van der Waals surface area contributed by atoms with Crippen LogP contribution < -0.4 is 0 Å². The minimum Gasteiger partial charge on any atom is -0.469 e. The number of rotatable bonds is 5. The van der Waals surface area contributed by atoms with Gasteiger partial charge < -0.3 is 14.7 Å². The molecule has 1 heterocycles. The summed E-state index contributed by atoms with van der Waals surface area (Å²) in [6.45, 7) is 4.56. The van der Waals surface area contributed by atoms with Crippen LogP contribution in [-0.4, -0.2) is 41.1 Å². The highest BCUT2D eigenvalue weighted by atomic mass is 16.5. The summed E-state index contributed by atoms with van der Waals surface area (Å²) < 4.78 is 4.92. The van der Waals surface area contributed by atoms with E-state index < -0.39 is 6.10 Å². The monoisotopic (exact) mass is 345 g/mol. The number of benzene rings is 1. The van der Waals surface area contributed by atoms with Crippen molar-refractivity contribution >= 4 is 11.9 Å². The quantitative estimate of drug-likeness (QED) is 0.833. The van der Waals surface area contributed by atoms with Gasteiger partial charge in [0.25, 0.3) is 5.91 Å². The van der Waals surface area contributed by atoms with E-state index in [2.05, 4.69) is 0 Å². The van der Waals surface area contributed by atoms with Crippen LogP contribution in [0.4, 0.5) is 0 Å². The van der Waals surface area contributed by atoms with Gasteiger partial charge in [0.1, 0.15) is 0 Å². The summed E-state index contributed by atoms with van der Waals surface area (Å²) in [5.41, 5.74) is 1.72. The predicted octanol–water partition coefficient (Wildman–Crippen LogP) is 2.62. The summed E-state index contributed by atoms with van der Waals surface area (Å²) in [5.74, 6) is -0.620. The zero-order valence-corrected chi connectivity index (χ0v) is 15.1. The molecule has 1 amide bonds. The minimum atomic E-state index is -0.732. The van der Waals surface area contributed by atoms with Crippen molar-refractivity contribution < 1.29 is 19.4 Å². The van der Waals surface area contributed by atoms with Crippen LogP contribution in [0.15, 0.2) is 24.3 Å². The van der Waals surface area contributed by atoms with Crippen molar-refractivity contribution in [2.75, 3.05) is 7.11 Å². The van der Waals surface area contributed by atoms with Crippen molar-refractivity contribution in [2.24, 2.45) is 17.8 Å². The third-order valence-electron chi connectivity index (χ3n) is 5.75. The van der Waals surface area contributed by atoms with Gasteiger partial charge in [0.05, 0.1) is 25.2 Å². The van der Waals surface area contributed by atoms with Crippen LogP contribution in [0.25, 0.3) is 0 Å². The number of esters is 1. The van der Waals surface area contributed by atoms with E-state index in [-0.39, 0.29) is 35.7 Å². The molecular formula is C20H27NO4. The number of fused-ring (bicyclic) bond motifs is 1. The van der Waals surface area contributed by atoms with Crippen LogP contribution >= 0.6 is 0 Å². The fourth-order valence-corrected chi connectivity index (χ4v) is 4.55. The second-order valence-corrected chi connectivity index (χ2v) is 7.54. The second-order valence-electron chi connectivity index (χ2n) is 7.54. The molecular weight excluding hydrogens is 318 g/mol. The molecule has 5 heteroatoms. The number of amides is 1. The minimum absolute atomic E-state index is 0.0269. The summed E-state index contributed by atoms with van der Waals surface area (Å²) >= 11 is 0. The maximum Gasteiger partial charge on any atom is 0.309 e. The lowest BCUT2D eigenvalue weighted by molar-refractivity contribution is -0.149. The highest BCUT2D eigenvalue weighted by Crippen LogP contribution is 2.39. The van der Waals surface area contributed by atoms with Gasteiger partial charge in [-0.1, -0.05) is 38.5 Å². The number of methoxy groups -OCH3 is 1. The number of carbonyl (C=O) groups is 2. The van der Waals surface area contributed by atoms with E-state index in [4.69, 9.17) is 4.74 Å². The molecule has 25 heavy (non-hydrogen) atoms. The first-order valence-electron chi connectivity index (χ1n) is 9.10. The molecule has 0 spiro atoms. The zero-order chi connectivity index (χ0) is 18.1. The summed E-state index contributed by atoms with van der Waals surface area (Å²) in [6.07, 6.45) is 1.71. The summed E-state index contributed by atoms with van der Waals surface area (Å²) in [7, 11) is 1.39. The normalized spacial score (nSPS) is 25.2. The molecule has 5 nitrogen and oxygen atoms in total. The fourth-order valence-electron chi connectivity index (χ4n) is 4.55. The zero-order valence-electron chi connectivity index (χ0n) is 15.1. The summed E-state index contributed by atoms with van der Waals surface area (Å²) in [6, 6.07) is 7.29. The average Bonchev–Trinajstić information content (AvgIpc) is 3.20. The Balaban J connectivity index is 1.85. The Morgan fingerprint density at radius 2 is 2.00 bits per heavy atom. The molecule has 1 fully saturated rings. The van der Waals surface area contributed by atoms with E-state index in [1.807, 2.05) is 38.1 Å². The van der Waals surface area contributed by atoms with E-state index in [0.29, 0.717) is 6.54 Å². The van der Waals surface area contributed by atoms with Gasteiger partial charge in [-0.15, -0.1) is 0 Å². The van der Waals surface area contributed by atoms with Crippen LogP contribution in [0.1, 0.15) is 49.0 Å². The van der Waals surface area contributed by atoms with Crippen molar-refractivity contribution in [2.45, 2.75) is 51.8 Å². The third kappa shape index (κ3) is 3.17. The van der Waals surface area contributed by atoms with E-state index >= 15 is 0 Å². The Hall–Kier alpha value is -1.88. The van der Waals surface area contributed by atoms with Crippen LogP contribution in [0.5, 0.6) is 0 Å². The van der Waals surface area contributed by atoms with Gasteiger partial charge >= 0.3 is 5.97 Å². The van der Waals surface area contributed by atoms with Gasteiger partial charge in [0.2, 0.25) is 0 Å². The third-order valence-corrected chi connectivity index (χ3v) is 5.75. The summed E-state index contributed by atoms with van der Waals surface area (Å²) in [4.78, 5) is 26.7. The molecule has 0 aromatic heterocycles. The molecule has 1 aliphatic carbocycles. The Morgan fingerprint density at radius 3 is 2.64 bits per heavy atom. The van der Waals surface area contributed by atoms with Crippen molar-refractivity contribution in [3.05, 3.63) is 35.4 Å². The van der Waals surface area contributed by atoms with Crippen molar-refractivity contribution in [1.29, 1.82) is 0 Å². The van der Waals surface area contributed by atoms with Crippen molar-refractivity contribution in [3.8, 4) is 0 Å². The molecule has 2 unspecified atom stereocenters. The molecule has 4 atom stereocenters. The van der Waals surface area contributed by atoms with Gasteiger partial charge in [0, 0.05) is 18.0 Å². The van der Waals surface area contributed by atoms with Crippen molar-refractivity contribution in [1.82, 2.24) is 4.90 Å². The Morgan fingerprint density at radius 1 is 1.28 bits per heavy atom. The number of hydrogen-bond acceptors (Lipinski definition) is 4. The average molecular weight is 345 g/mol. The molecule has 136 valence electrons. The first-order valence-corrected chi connectivity index (χ1v) is 9.10. The maximum absolute atomic E-state index is 12.9. The molecule has 1 saturated carbocycles. The Bertz CT molecular complexity index is 657. The van der Waals surface area contributed by atoms with Crippen LogP contribution in [0.3, 0.4) is 0 Å². The van der Waals surface area contributed by atoms with Gasteiger partial charge in [-0.25, -0.2) is 0 Å². The topological polar surface area (TPSA) is 66.8 Å². The van der Waals surface area contributed by atoms with E-state index in [1.54, 1.807) is 4.90 Å². The smallest absolute Gasteiger partial charge is 0.309 e. The molecule has 1 N–H and O–H groups in total. The lowest BCUT2D eigenvalue weighted by Crippen LogP contribution is -2.51. The Kier molecular flexibility index (Phi) is 5.13. The highest BCUT2D eigenvalue weighted by molar-refractivity contribution is 5.98. The van der Waals surface area contributed by atoms with Gasteiger partial charge in [-0.05, 0) is 30.4 Å². The standard InChI is InChI=1S/C20H27NO4/c1-12(2)17(18(22)15-9-6-10-16(15)20(24)25-3)21-11-13-7-4-5-8-14(13)19(21)23/h4-5,7-8,12,15-18,22H,6,9-11H2,1-3H3/t15?,16-,17+,18?/m1/s1. The second kappa shape index (κ2) is 7.16. The van der Waals surface area contributed by atoms with E-state index in [9.17, 15) is 14.7 Å². The molecule has 3 rings (SSSR count). The molecule has 2 aliphatic rings. The molecule has 0 bridgehead atoms. The number of aliphatic hydroxyl groups excluding tert-OH is 1. The lowest BCUT2D eigenvalue weighted by atomic mass is 9.82. The molecule has 0 saturated heterocycles. The van der Waals surface area contributed by atoms with Gasteiger partial charge in [-0.3, -0.25) is 9.59 Å². The maximum atomic E-state index is 12.9. The number of ether oxygens (including phenoxy) is 1. The number of aliphatic hydroxyl groups is 1. The van der Waals surface area contributed by atoms with Crippen LogP contribution in [-0.2, 0) is 16.1 Å². The van der Waals surface area contributed by atoms with E-state index in [1.165, 1.54) is 7.11 Å². The predicted molar refractivity (Wildman–Crippen MR) is 93.8 cm³/mol. The highest BCUT2D eigenvalue weighted by Gasteiger charge is 2.45. The number of hydrogen-bond donors (Lipinski definition) is 1. The lowest BCUT2D eigenvalue weighted by Gasteiger charge is -2.38. The Labute approximate surface area is 149 Å². The number of carbonyl (C=O) groups excluding carboxylic acids is 2. The van der Waals surface area contributed by atoms with Gasteiger partial charge in [0.15, 0.2) is 0 Å².